The second-order valence-electron chi connectivity index (χ2n) is 4.28. The fraction of sp³-hybridized carbons (Fsp3) is 0.0667. The van der Waals surface area contributed by atoms with Crippen LogP contribution in [-0.2, 0) is 0 Å². The molecule has 20 heavy (non-hydrogen) atoms. The third kappa shape index (κ3) is 2.20. The van der Waals surface area contributed by atoms with Crippen LogP contribution < -0.4 is 4.90 Å². The summed E-state index contributed by atoms with van der Waals surface area (Å²) in [5.74, 6) is -0.0249. The molecule has 3 rings (SSSR count). The standard InChI is InChI=1S/C15H10N2OS2/c1-17(11-4-2-10(9-16)3-5-11)15(18)14-8-13-12(20-14)6-7-19-13/h2-8H,1H3. The molecule has 0 saturated carbocycles. The van der Waals surface area contributed by atoms with Crippen LogP contribution in [0.3, 0.4) is 0 Å². The van der Waals surface area contributed by atoms with Gasteiger partial charge in [0.25, 0.3) is 5.91 Å². The summed E-state index contributed by atoms with van der Waals surface area (Å²) in [6, 6.07) is 13.0. The lowest BCUT2D eigenvalue weighted by Crippen LogP contribution is -2.25. The van der Waals surface area contributed by atoms with Crippen LogP contribution in [0.25, 0.3) is 9.40 Å². The molecule has 0 aliphatic rings. The molecule has 1 aromatic carbocycles. The summed E-state index contributed by atoms with van der Waals surface area (Å²) in [6.45, 7) is 0. The van der Waals surface area contributed by atoms with Gasteiger partial charge in [-0.3, -0.25) is 4.79 Å². The molecule has 0 fully saturated rings. The monoisotopic (exact) mass is 298 g/mol. The maximum atomic E-state index is 12.4. The SMILES string of the molecule is CN(C(=O)c1cc2sccc2s1)c1ccc(C#N)cc1. The van der Waals surface area contributed by atoms with E-state index in [4.69, 9.17) is 5.26 Å². The first-order chi connectivity index (χ1) is 9.69. The molecule has 0 atom stereocenters. The number of amides is 1. The molecular weight excluding hydrogens is 288 g/mol. The number of anilines is 1. The van der Waals surface area contributed by atoms with Gasteiger partial charge in [0, 0.05) is 22.1 Å². The van der Waals surface area contributed by atoms with Gasteiger partial charge in [-0.2, -0.15) is 5.26 Å². The molecular formula is C15H10N2OS2. The van der Waals surface area contributed by atoms with Crippen LogP contribution in [0.2, 0.25) is 0 Å². The highest BCUT2D eigenvalue weighted by atomic mass is 32.1. The second kappa shape index (κ2) is 5.08. The third-order valence-corrected chi connectivity index (χ3v) is 5.12. The normalized spacial score (nSPS) is 10.4. The molecule has 0 N–H and O–H groups in total. The van der Waals surface area contributed by atoms with Crippen LogP contribution in [0.5, 0.6) is 0 Å². The minimum absolute atomic E-state index is 0.0249. The molecule has 0 aliphatic heterocycles. The average molecular weight is 298 g/mol. The molecule has 1 amide bonds. The Kier molecular flexibility index (Phi) is 3.26. The topological polar surface area (TPSA) is 44.1 Å². The molecule has 2 aromatic heterocycles. The van der Waals surface area contributed by atoms with Crippen molar-refractivity contribution >= 4 is 43.7 Å². The van der Waals surface area contributed by atoms with Crippen molar-refractivity contribution in [3.05, 3.63) is 52.2 Å². The van der Waals surface area contributed by atoms with Crippen molar-refractivity contribution in [1.82, 2.24) is 0 Å². The van der Waals surface area contributed by atoms with E-state index in [2.05, 4.69) is 6.07 Å². The van der Waals surface area contributed by atoms with Crippen LogP contribution in [0.15, 0.2) is 41.8 Å². The summed E-state index contributed by atoms with van der Waals surface area (Å²) in [7, 11) is 1.75. The van der Waals surface area contributed by atoms with Gasteiger partial charge < -0.3 is 4.90 Å². The Morgan fingerprint density at radius 1 is 1.20 bits per heavy atom. The van der Waals surface area contributed by atoms with E-state index in [1.807, 2.05) is 17.5 Å². The Bertz CT molecular complexity index is 780. The number of benzene rings is 1. The fourth-order valence-corrected chi connectivity index (χ4v) is 4.00. The van der Waals surface area contributed by atoms with E-state index in [1.165, 1.54) is 11.3 Å². The van der Waals surface area contributed by atoms with Crippen LogP contribution >= 0.6 is 22.7 Å². The van der Waals surface area contributed by atoms with Gasteiger partial charge in [0.05, 0.1) is 16.5 Å². The van der Waals surface area contributed by atoms with E-state index in [0.717, 1.165) is 20.0 Å². The first-order valence-corrected chi connectivity index (χ1v) is 7.64. The van der Waals surface area contributed by atoms with E-state index < -0.39 is 0 Å². The Balaban J connectivity index is 1.89. The summed E-state index contributed by atoms with van der Waals surface area (Å²) in [6.07, 6.45) is 0. The van der Waals surface area contributed by atoms with Gasteiger partial charge in [0.1, 0.15) is 0 Å². The Morgan fingerprint density at radius 3 is 2.60 bits per heavy atom. The van der Waals surface area contributed by atoms with Crippen molar-refractivity contribution in [3.63, 3.8) is 0 Å². The molecule has 5 heteroatoms. The number of nitriles is 1. The van der Waals surface area contributed by atoms with E-state index in [9.17, 15) is 4.79 Å². The van der Waals surface area contributed by atoms with Gasteiger partial charge in [-0.15, -0.1) is 22.7 Å². The Labute approximate surface area is 124 Å². The predicted octanol–water partition coefficient (Wildman–Crippen LogP) is 4.11. The fourth-order valence-electron chi connectivity index (χ4n) is 1.91. The molecule has 0 radical (unpaired) electrons. The minimum atomic E-state index is -0.0249. The highest BCUT2D eigenvalue weighted by Gasteiger charge is 2.16. The van der Waals surface area contributed by atoms with Crippen molar-refractivity contribution in [2.24, 2.45) is 0 Å². The highest BCUT2D eigenvalue weighted by molar-refractivity contribution is 7.27. The molecule has 0 unspecified atom stereocenters. The minimum Gasteiger partial charge on any atom is -0.311 e. The molecule has 0 aliphatic carbocycles. The predicted molar refractivity (Wildman–Crippen MR) is 83.6 cm³/mol. The van der Waals surface area contributed by atoms with Gasteiger partial charge in [-0.05, 0) is 41.8 Å². The number of carbonyl (C=O) groups excluding carboxylic acids is 1. The third-order valence-electron chi connectivity index (χ3n) is 3.04. The summed E-state index contributed by atoms with van der Waals surface area (Å²) < 4.78 is 2.29. The van der Waals surface area contributed by atoms with E-state index in [-0.39, 0.29) is 5.91 Å². The van der Waals surface area contributed by atoms with E-state index in [0.29, 0.717) is 5.56 Å². The van der Waals surface area contributed by atoms with Crippen molar-refractivity contribution in [2.45, 2.75) is 0 Å². The number of rotatable bonds is 2. The van der Waals surface area contributed by atoms with Crippen LogP contribution in [0.1, 0.15) is 15.2 Å². The summed E-state index contributed by atoms with van der Waals surface area (Å²) in [4.78, 5) is 14.8. The second-order valence-corrected chi connectivity index (χ2v) is 6.31. The summed E-state index contributed by atoms with van der Waals surface area (Å²) in [5, 5.41) is 10.8. The van der Waals surface area contributed by atoms with Gasteiger partial charge in [-0.25, -0.2) is 0 Å². The largest absolute Gasteiger partial charge is 0.311 e. The number of nitrogens with zero attached hydrogens (tertiary/aromatic N) is 2. The zero-order valence-electron chi connectivity index (χ0n) is 10.7. The van der Waals surface area contributed by atoms with Gasteiger partial charge >= 0.3 is 0 Å². The molecule has 0 spiro atoms. The average Bonchev–Trinajstić information content (AvgIpc) is 3.07. The highest BCUT2D eigenvalue weighted by Crippen LogP contribution is 2.31. The van der Waals surface area contributed by atoms with Crippen molar-refractivity contribution < 1.29 is 4.79 Å². The zero-order valence-corrected chi connectivity index (χ0v) is 12.3. The first kappa shape index (κ1) is 12.9. The van der Waals surface area contributed by atoms with Crippen LogP contribution in [0.4, 0.5) is 5.69 Å². The lowest BCUT2D eigenvalue weighted by Gasteiger charge is -2.16. The van der Waals surface area contributed by atoms with Gasteiger partial charge in [0.2, 0.25) is 0 Å². The quantitative estimate of drug-likeness (QED) is 0.714. The van der Waals surface area contributed by atoms with Gasteiger partial charge in [0.15, 0.2) is 0 Å². The molecule has 98 valence electrons. The smallest absolute Gasteiger partial charge is 0.268 e. The van der Waals surface area contributed by atoms with E-state index in [1.54, 1.807) is 47.5 Å². The lowest BCUT2D eigenvalue weighted by molar-refractivity contribution is 0.0997. The molecule has 2 heterocycles. The number of thiophene rings is 2. The molecule has 0 bridgehead atoms. The van der Waals surface area contributed by atoms with Gasteiger partial charge in [-0.1, -0.05) is 0 Å². The number of carbonyl (C=O) groups is 1. The zero-order chi connectivity index (χ0) is 14.1. The maximum absolute atomic E-state index is 12.4. The molecule has 0 saturated heterocycles. The summed E-state index contributed by atoms with van der Waals surface area (Å²) in [5.41, 5.74) is 1.37. The summed E-state index contributed by atoms with van der Waals surface area (Å²) >= 11 is 3.15. The van der Waals surface area contributed by atoms with Crippen molar-refractivity contribution in [1.29, 1.82) is 5.26 Å². The number of hydrogen-bond acceptors (Lipinski definition) is 4. The first-order valence-electron chi connectivity index (χ1n) is 5.94. The Morgan fingerprint density at radius 2 is 1.95 bits per heavy atom. The van der Waals surface area contributed by atoms with Crippen molar-refractivity contribution in [3.8, 4) is 6.07 Å². The van der Waals surface area contributed by atoms with Crippen LogP contribution in [-0.4, -0.2) is 13.0 Å². The maximum Gasteiger partial charge on any atom is 0.268 e. The van der Waals surface area contributed by atoms with E-state index >= 15 is 0 Å². The van der Waals surface area contributed by atoms with Crippen LogP contribution in [0, 0.1) is 11.3 Å². The number of fused-ring (bicyclic) bond motifs is 1. The number of hydrogen-bond donors (Lipinski definition) is 0. The Hall–Kier alpha value is -2.16. The molecule has 3 nitrogen and oxygen atoms in total. The molecule has 3 aromatic rings. The lowest BCUT2D eigenvalue weighted by atomic mass is 10.2. The van der Waals surface area contributed by atoms with Crippen molar-refractivity contribution in [2.75, 3.05) is 11.9 Å².